The minimum atomic E-state index is -5.55. The van der Waals surface area contributed by atoms with E-state index in [4.69, 9.17) is 4.74 Å². The van der Waals surface area contributed by atoms with Crippen molar-refractivity contribution in [3.63, 3.8) is 0 Å². The maximum atomic E-state index is 13.2. The Morgan fingerprint density at radius 3 is 1.58 bits per heavy atom. The molecule has 7 heteroatoms. The minimum Gasteiger partial charge on any atom is -0.497 e. The first-order chi connectivity index (χ1) is 11.1. The molecule has 0 fully saturated rings. The number of halogens is 6. The molecule has 0 bridgehead atoms. The van der Waals surface area contributed by atoms with Crippen LogP contribution in [0.1, 0.15) is 11.1 Å². The first kappa shape index (κ1) is 17.9. The van der Waals surface area contributed by atoms with Crippen LogP contribution in [0.5, 0.6) is 5.75 Å². The van der Waals surface area contributed by atoms with Gasteiger partial charge < -0.3 is 4.74 Å². The number of hydrogen-bond donors (Lipinski definition) is 0. The summed E-state index contributed by atoms with van der Waals surface area (Å²) in [6, 6.07) is 11.6. The molecule has 0 saturated heterocycles. The molecule has 0 N–H and O–H groups in total. The molecule has 0 amide bonds. The first-order valence-electron chi connectivity index (χ1n) is 6.73. The molecular weight excluding hydrogens is 334 g/mol. The van der Waals surface area contributed by atoms with Crippen LogP contribution in [0.4, 0.5) is 26.3 Å². The van der Waals surface area contributed by atoms with Gasteiger partial charge in [0.2, 0.25) is 0 Å². The average Bonchev–Trinajstić information content (AvgIpc) is 2.51. The molecule has 0 aliphatic heterocycles. The molecule has 128 valence electrons. The first-order valence-corrected chi connectivity index (χ1v) is 6.73. The average molecular weight is 346 g/mol. The molecule has 0 saturated carbocycles. The summed E-state index contributed by atoms with van der Waals surface area (Å²) in [6.45, 7) is 0. The molecule has 1 nitrogen and oxygen atoms in total. The molecule has 0 spiro atoms. The zero-order chi connectivity index (χ0) is 18.0. The highest BCUT2D eigenvalue weighted by Crippen LogP contribution is 2.45. The van der Waals surface area contributed by atoms with Gasteiger partial charge in [-0.2, -0.15) is 26.3 Å². The zero-order valence-corrected chi connectivity index (χ0v) is 12.4. The SMILES string of the molecule is COc1ccc(C(=C(C(F)(F)F)C(F)(F)F)c2ccccc2)cc1. The van der Waals surface area contributed by atoms with Crippen molar-refractivity contribution in [2.45, 2.75) is 12.4 Å². The van der Waals surface area contributed by atoms with Crippen molar-refractivity contribution in [1.29, 1.82) is 0 Å². The van der Waals surface area contributed by atoms with E-state index in [2.05, 4.69) is 0 Å². The zero-order valence-electron chi connectivity index (χ0n) is 12.4. The molecule has 2 aromatic rings. The normalized spacial score (nSPS) is 12.0. The molecule has 24 heavy (non-hydrogen) atoms. The van der Waals surface area contributed by atoms with Crippen LogP contribution in [0.3, 0.4) is 0 Å². The number of hydrogen-bond acceptors (Lipinski definition) is 1. The number of alkyl halides is 6. The van der Waals surface area contributed by atoms with E-state index in [1.54, 1.807) is 0 Å². The lowest BCUT2D eigenvalue weighted by molar-refractivity contribution is -0.170. The molecule has 0 unspecified atom stereocenters. The molecule has 2 rings (SSSR count). The monoisotopic (exact) mass is 346 g/mol. The molecule has 2 aromatic carbocycles. The number of allylic oxidation sites excluding steroid dienone is 1. The number of methoxy groups -OCH3 is 1. The Bertz CT molecular complexity index is 695. The molecule has 0 aromatic heterocycles. The fourth-order valence-corrected chi connectivity index (χ4v) is 2.26. The van der Waals surface area contributed by atoms with Gasteiger partial charge in [0.1, 0.15) is 11.3 Å². The number of ether oxygens (including phenoxy) is 1. The summed E-state index contributed by atoms with van der Waals surface area (Å²) in [7, 11) is 1.35. The highest BCUT2D eigenvalue weighted by Gasteiger charge is 2.53. The minimum absolute atomic E-state index is 0.174. The molecule has 0 radical (unpaired) electrons. The summed E-state index contributed by atoms with van der Waals surface area (Å²) in [5, 5.41) is 0. The fraction of sp³-hybridized carbons (Fsp3) is 0.176. The lowest BCUT2D eigenvalue weighted by Gasteiger charge is -2.21. The highest BCUT2D eigenvalue weighted by atomic mass is 19.4. The second kappa shape index (κ2) is 6.59. The molecule has 0 atom stereocenters. The Labute approximate surface area is 134 Å². The Hall–Kier alpha value is -2.44. The van der Waals surface area contributed by atoms with Crippen LogP contribution in [-0.2, 0) is 0 Å². The lowest BCUT2D eigenvalue weighted by Crippen LogP contribution is -2.28. The van der Waals surface area contributed by atoms with E-state index in [0.717, 1.165) is 0 Å². The van der Waals surface area contributed by atoms with Gasteiger partial charge in [-0.05, 0) is 23.3 Å². The Morgan fingerprint density at radius 2 is 1.17 bits per heavy atom. The summed E-state index contributed by atoms with van der Waals surface area (Å²) >= 11 is 0. The van der Waals surface area contributed by atoms with Crippen molar-refractivity contribution in [1.82, 2.24) is 0 Å². The van der Waals surface area contributed by atoms with Crippen LogP contribution in [0.25, 0.3) is 5.57 Å². The fourth-order valence-electron chi connectivity index (χ4n) is 2.26. The van der Waals surface area contributed by atoms with Crippen molar-refractivity contribution in [2.75, 3.05) is 7.11 Å². The van der Waals surface area contributed by atoms with Gasteiger partial charge >= 0.3 is 12.4 Å². The van der Waals surface area contributed by atoms with E-state index in [0.29, 0.717) is 5.75 Å². The van der Waals surface area contributed by atoms with Crippen LogP contribution in [-0.4, -0.2) is 19.5 Å². The van der Waals surface area contributed by atoms with Crippen LogP contribution in [0, 0.1) is 0 Å². The van der Waals surface area contributed by atoms with Crippen LogP contribution in [0.15, 0.2) is 60.2 Å². The van der Waals surface area contributed by atoms with Crippen LogP contribution in [0.2, 0.25) is 0 Å². The van der Waals surface area contributed by atoms with Crippen LogP contribution >= 0.6 is 0 Å². The van der Waals surface area contributed by atoms with E-state index in [-0.39, 0.29) is 11.1 Å². The quantitative estimate of drug-likeness (QED) is 0.655. The van der Waals surface area contributed by atoms with Gasteiger partial charge in [0, 0.05) is 5.57 Å². The molecule has 0 aliphatic rings. The number of rotatable bonds is 3. The van der Waals surface area contributed by atoms with Crippen molar-refractivity contribution in [3.05, 3.63) is 71.3 Å². The molecular formula is C17H12F6O. The summed E-state index contributed by atoms with van der Waals surface area (Å²) in [5.41, 5.74) is -3.83. The summed E-state index contributed by atoms with van der Waals surface area (Å²) in [5.74, 6) is 0.326. The topological polar surface area (TPSA) is 9.23 Å². The largest absolute Gasteiger partial charge is 0.497 e. The van der Waals surface area contributed by atoms with E-state index in [9.17, 15) is 26.3 Å². The van der Waals surface area contributed by atoms with Crippen molar-refractivity contribution in [2.24, 2.45) is 0 Å². The molecule has 0 heterocycles. The van der Waals surface area contributed by atoms with Gasteiger partial charge in [-0.25, -0.2) is 0 Å². The van der Waals surface area contributed by atoms with Gasteiger partial charge in [0.15, 0.2) is 0 Å². The van der Waals surface area contributed by atoms with Crippen molar-refractivity contribution >= 4 is 5.57 Å². The van der Waals surface area contributed by atoms with E-state index < -0.39 is 23.5 Å². The van der Waals surface area contributed by atoms with Crippen LogP contribution < -0.4 is 4.74 Å². The molecule has 0 aliphatic carbocycles. The van der Waals surface area contributed by atoms with Gasteiger partial charge in [0.05, 0.1) is 7.11 Å². The Balaban J connectivity index is 2.81. The summed E-state index contributed by atoms with van der Waals surface area (Å²) in [6.07, 6.45) is -11.1. The number of benzene rings is 2. The van der Waals surface area contributed by atoms with E-state index >= 15 is 0 Å². The lowest BCUT2D eigenvalue weighted by atomic mass is 9.92. The third-order valence-electron chi connectivity index (χ3n) is 3.26. The second-order valence-corrected chi connectivity index (χ2v) is 4.84. The van der Waals surface area contributed by atoms with Gasteiger partial charge in [-0.1, -0.05) is 42.5 Å². The standard InChI is InChI=1S/C17H12F6O/c1-24-13-9-7-12(8-10-13)14(11-5-3-2-4-6-11)15(16(18,19)20)17(21,22)23/h2-10H,1H3. The maximum absolute atomic E-state index is 13.2. The highest BCUT2D eigenvalue weighted by molar-refractivity contribution is 5.83. The summed E-state index contributed by atoms with van der Waals surface area (Å²) < 4.78 is 84.0. The Morgan fingerprint density at radius 1 is 0.708 bits per heavy atom. The van der Waals surface area contributed by atoms with Crippen molar-refractivity contribution in [3.8, 4) is 5.75 Å². The smallest absolute Gasteiger partial charge is 0.421 e. The van der Waals surface area contributed by atoms with E-state index in [1.807, 2.05) is 0 Å². The summed E-state index contributed by atoms with van der Waals surface area (Å²) in [4.78, 5) is 0. The predicted octanol–water partition coefficient (Wildman–Crippen LogP) is 5.62. The van der Waals surface area contributed by atoms with Gasteiger partial charge in [0.25, 0.3) is 0 Å². The third kappa shape index (κ3) is 3.90. The second-order valence-electron chi connectivity index (χ2n) is 4.84. The van der Waals surface area contributed by atoms with Gasteiger partial charge in [-0.3, -0.25) is 0 Å². The van der Waals surface area contributed by atoms with Crippen molar-refractivity contribution < 1.29 is 31.1 Å². The van der Waals surface area contributed by atoms with Gasteiger partial charge in [-0.15, -0.1) is 0 Å². The maximum Gasteiger partial charge on any atom is 0.421 e. The predicted molar refractivity (Wildman–Crippen MR) is 77.6 cm³/mol. The Kier molecular flexibility index (Phi) is 4.91. The van der Waals surface area contributed by atoms with E-state index in [1.165, 1.54) is 61.7 Å². The third-order valence-corrected chi connectivity index (χ3v) is 3.26.